The number of benzene rings is 2. The zero-order valence-corrected chi connectivity index (χ0v) is 16.1. The van der Waals surface area contributed by atoms with E-state index in [1.807, 2.05) is 42.2 Å². The zero-order valence-electron chi connectivity index (χ0n) is 16.1. The molecule has 1 saturated heterocycles. The first kappa shape index (κ1) is 20.0. The van der Waals surface area contributed by atoms with E-state index in [0.717, 1.165) is 5.56 Å². The average molecular weight is 383 g/mol. The fraction of sp³-hybridized carbons (Fsp3) is 0.364. The molecule has 0 aromatic heterocycles. The molecule has 2 amide bonds. The predicted octanol–water partition coefficient (Wildman–Crippen LogP) is 2.33. The molecule has 2 aromatic carbocycles. The Labute approximate surface area is 165 Å². The summed E-state index contributed by atoms with van der Waals surface area (Å²) >= 11 is 0. The molecular weight excluding hydrogens is 357 g/mol. The first-order valence-electron chi connectivity index (χ1n) is 9.65. The van der Waals surface area contributed by atoms with Crippen LogP contribution in [0.4, 0.5) is 4.39 Å². The van der Waals surface area contributed by atoms with Crippen LogP contribution in [0.5, 0.6) is 0 Å². The largest absolute Gasteiger partial charge is 0.354 e. The van der Waals surface area contributed by atoms with Crippen LogP contribution in [0.2, 0.25) is 0 Å². The van der Waals surface area contributed by atoms with Gasteiger partial charge in [-0.1, -0.05) is 30.3 Å². The van der Waals surface area contributed by atoms with Crippen LogP contribution in [0.1, 0.15) is 22.8 Å². The maximum absolute atomic E-state index is 12.9. The summed E-state index contributed by atoms with van der Waals surface area (Å²) in [5, 5.41) is 2.95. The van der Waals surface area contributed by atoms with Gasteiger partial charge in [0.1, 0.15) is 5.82 Å². The lowest BCUT2D eigenvalue weighted by molar-refractivity contribution is -0.126. The van der Waals surface area contributed by atoms with Gasteiger partial charge in [-0.3, -0.25) is 14.5 Å². The Morgan fingerprint density at radius 1 is 1.00 bits per heavy atom. The Bertz CT molecular complexity index is 787. The standard InChI is InChI=1S/C22H26FN3O2/c1-17(21(27)24-12-11-18-7-9-20(23)10-8-18)25-13-15-26(16-14-25)22(28)19-5-3-2-4-6-19/h2-10,17H,11-16H2,1H3,(H,24,27)/t17-/m0/s1. The van der Waals surface area contributed by atoms with E-state index in [2.05, 4.69) is 10.2 Å². The number of nitrogens with zero attached hydrogens (tertiary/aromatic N) is 2. The third-order valence-corrected chi connectivity index (χ3v) is 5.18. The second-order valence-electron chi connectivity index (χ2n) is 7.04. The van der Waals surface area contributed by atoms with E-state index < -0.39 is 0 Å². The van der Waals surface area contributed by atoms with Gasteiger partial charge >= 0.3 is 0 Å². The molecule has 0 saturated carbocycles. The monoisotopic (exact) mass is 383 g/mol. The number of rotatable bonds is 6. The third-order valence-electron chi connectivity index (χ3n) is 5.18. The van der Waals surface area contributed by atoms with E-state index in [0.29, 0.717) is 44.7 Å². The van der Waals surface area contributed by atoms with E-state index in [9.17, 15) is 14.0 Å². The molecule has 0 aliphatic carbocycles. The van der Waals surface area contributed by atoms with E-state index in [1.165, 1.54) is 12.1 Å². The second-order valence-corrected chi connectivity index (χ2v) is 7.04. The second kappa shape index (κ2) is 9.46. The van der Waals surface area contributed by atoms with Crippen LogP contribution >= 0.6 is 0 Å². The Morgan fingerprint density at radius 2 is 1.64 bits per heavy atom. The Kier molecular flexibility index (Phi) is 6.76. The summed E-state index contributed by atoms with van der Waals surface area (Å²) in [5.41, 5.74) is 1.69. The van der Waals surface area contributed by atoms with E-state index in [-0.39, 0.29) is 23.7 Å². The summed E-state index contributed by atoms with van der Waals surface area (Å²) in [6.45, 7) is 4.97. The molecular formula is C22H26FN3O2. The summed E-state index contributed by atoms with van der Waals surface area (Å²) < 4.78 is 12.9. The van der Waals surface area contributed by atoms with Crippen molar-refractivity contribution in [1.29, 1.82) is 0 Å². The highest BCUT2D eigenvalue weighted by molar-refractivity contribution is 5.94. The van der Waals surface area contributed by atoms with Crippen molar-refractivity contribution in [1.82, 2.24) is 15.1 Å². The van der Waals surface area contributed by atoms with Gasteiger partial charge in [-0.25, -0.2) is 4.39 Å². The third kappa shape index (κ3) is 5.16. The van der Waals surface area contributed by atoms with Crippen molar-refractivity contribution in [3.63, 3.8) is 0 Å². The van der Waals surface area contributed by atoms with Crippen molar-refractivity contribution < 1.29 is 14.0 Å². The molecule has 0 unspecified atom stereocenters. The van der Waals surface area contributed by atoms with Crippen molar-refractivity contribution in [3.8, 4) is 0 Å². The highest BCUT2D eigenvalue weighted by Crippen LogP contribution is 2.11. The number of nitrogens with one attached hydrogen (secondary N) is 1. The topological polar surface area (TPSA) is 52.7 Å². The molecule has 3 rings (SSSR count). The van der Waals surface area contributed by atoms with Crippen LogP contribution in [0.3, 0.4) is 0 Å². The minimum Gasteiger partial charge on any atom is -0.354 e. The molecule has 28 heavy (non-hydrogen) atoms. The Morgan fingerprint density at radius 3 is 2.29 bits per heavy atom. The normalized spacial score (nSPS) is 15.9. The summed E-state index contributed by atoms with van der Waals surface area (Å²) in [6.07, 6.45) is 0.665. The fourth-order valence-electron chi connectivity index (χ4n) is 3.37. The molecule has 6 heteroatoms. The highest BCUT2D eigenvalue weighted by atomic mass is 19.1. The molecule has 1 aliphatic heterocycles. The van der Waals surface area contributed by atoms with Gasteiger partial charge < -0.3 is 10.2 Å². The smallest absolute Gasteiger partial charge is 0.253 e. The average Bonchev–Trinajstić information content (AvgIpc) is 2.74. The number of hydrogen-bond acceptors (Lipinski definition) is 3. The van der Waals surface area contributed by atoms with E-state index in [1.54, 1.807) is 12.1 Å². The molecule has 148 valence electrons. The van der Waals surface area contributed by atoms with Crippen molar-refractivity contribution in [2.45, 2.75) is 19.4 Å². The zero-order chi connectivity index (χ0) is 19.9. The van der Waals surface area contributed by atoms with Gasteiger partial charge in [-0.2, -0.15) is 0 Å². The van der Waals surface area contributed by atoms with Gasteiger partial charge in [0.25, 0.3) is 5.91 Å². The quantitative estimate of drug-likeness (QED) is 0.833. The molecule has 1 atom stereocenters. The van der Waals surface area contributed by atoms with E-state index in [4.69, 9.17) is 0 Å². The van der Waals surface area contributed by atoms with Gasteiger partial charge in [0, 0.05) is 38.3 Å². The molecule has 0 spiro atoms. The molecule has 0 bridgehead atoms. The molecule has 1 N–H and O–H groups in total. The number of hydrogen-bond donors (Lipinski definition) is 1. The van der Waals surface area contributed by atoms with Crippen LogP contribution in [0, 0.1) is 5.82 Å². The predicted molar refractivity (Wildman–Crippen MR) is 106 cm³/mol. The fourth-order valence-corrected chi connectivity index (χ4v) is 3.37. The SMILES string of the molecule is C[C@@H](C(=O)NCCc1ccc(F)cc1)N1CCN(C(=O)c2ccccc2)CC1. The first-order chi connectivity index (χ1) is 13.5. The van der Waals surface area contributed by atoms with Gasteiger partial charge in [0.05, 0.1) is 6.04 Å². The van der Waals surface area contributed by atoms with Crippen LogP contribution in [0.25, 0.3) is 0 Å². The maximum atomic E-state index is 12.9. The van der Waals surface area contributed by atoms with Crippen LogP contribution in [-0.2, 0) is 11.2 Å². The van der Waals surface area contributed by atoms with Crippen LogP contribution in [0.15, 0.2) is 54.6 Å². The van der Waals surface area contributed by atoms with Crippen molar-refractivity contribution in [2.75, 3.05) is 32.7 Å². The number of amides is 2. The summed E-state index contributed by atoms with van der Waals surface area (Å²) in [7, 11) is 0. The molecule has 0 radical (unpaired) electrons. The van der Waals surface area contributed by atoms with Crippen molar-refractivity contribution in [3.05, 3.63) is 71.5 Å². The molecule has 5 nitrogen and oxygen atoms in total. The van der Waals surface area contributed by atoms with Crippen LogP contribution in [-0.4, -0.2) is 60.4 Å². The molecule has 2 aromatic rings. The minimum absolute atomic E-state index is 0.0232. The van der Waals surface area contributed by atoms with Gasteiger partial charge in [0.15, 0.2) is 0 Å². The first-order valence-corrected chi connectivity index (χ1v) is 9.65. The maximum Gasteiger partial charge on any atom is 0.253 e. The lowest BCUT2D eigenvalue weighted by Gasteiger charge is -2.37. The Hall–Kier alpha value is -2.73. The van der Waals surface area contributed by atoms with Gasteiger partial charge in [-0.15, -0.1) is 0 Å². The summed E-state index contributed by atoms with van der Waals surface area (Å²) in [5.74, 6) is -0.243. The number of halogens is 1. The number of piperazine rings is 1. The summed E-state index contributed by atoms with van der Waals surface area (Å²) in [4.78, 5) is 28.9. The lowest BCUT2D eigenvalue weighted by Crippen LogP contribution is -2.55. The van der Waals surface area contributed by atoms with Crippen molar-refractivity contribution in [2.24, 2.45) is 0 Å². The number of carbonyl (C=O) groups is 2. The lowest BCUT2D eigenvalue weighted by atomic mass is 10.1. The van der Waals surface area contributed by atoms with Gasteiger partial charge in [0.2, 0.25) is 5.91 Å². The molecule has 1 fully saturated rings. The summed E-state index contributed by atoms with van der Waals surface area (Å²) in [6, 6.07) is 15.3. The molecule has 1 heterocycles. The number of carbonyl (C=O) groups excluding carboxylic acids is 2. The highest BCUT2D eigenvalue weighted by Gasteiger charge is 2.27. The van der Waals surface area contributed by atoms with E-state index >= 15 is 0 Å². The van der Waals surface area contributed by atoms with Gasteiger partial charge in [-0.05, 0) is 43.2 Å². The Balaban J connectivity index is 1.42. The molecule has 1 aliphatic rings. The van der Waals surface area contributed by atoms with Crippen LogP contribution < -0.4 is 5.32 Å². The minimum atomic E-state index is -0.258. The van der Waals surface area contributed by atoms with Crippen molar-refractivity contribution >= 4 is 11.8 Å².